The predicted octanol–water partition coefficient (Wildman–Crippen LogP) is 1.78. The number of pyridine rings is 1. The van der Waals surface area contributed by atoms with Gasteiger partial charge in [0, 0.05) is 38.6 Å². The number of anilines is 1. The SMILES string of the molecule is Cc1ccc(NCCc2nccn2C)nc1. The maximum absolute atomic E-state index is 4.28. The van der Waals surface area contributed by atoms with Crippen molar-refractivity contribution in [2.75, 3.05) is 11.9 Å². The number of rotatable bonds is 4. The minimum atomic E-state index is 0.848. The van der Waals surface area contributed by atoms with E-state index in [4.69, 9.17) is 0 Å². The van der Waals surface area contributed by atoms with Crippen molar-refractivity contribution >= 4 is 5.82 Å². The smallest absolute Gasteiger partial charge is 0.125 e. The Kier molecular flexibility index (Phi) is 3.19. The van der Waals surface area contributed by atoms with Crippen LogP contribution in [-0.4, -0.2) is 21.1 Å². The maximum Gasteiger partial charge on any atom is 0.125 e. The van der Waals surface area contributed by atoms with Crippen molar-refractivity contribution in [3.8, 4) is 0 Å². The van der Waals surface area contributed by atoms with Gasteiger partial charge in [0.05, 0.1) is 0 Å². The van der Waals surface area contributed by atoms with Crippen LogP contribution in [0.5, 0.6) is 0 Å². The van der Waals surface area contributed by atoms with Crippen molar-refractivity contribution in [1.82, 2.24) is 14.5 Å². The third-order valence-electron chi connectivity index (χ3n) is 2.49. The van der Waals surface area contributed by atoms with Gasteiger partial charge < -0.3 is 9.88 Å². The van der Waals surface area contributed by atoms with Crippen LogP contribution in [-0.2, 0) is 13.5 Å². The maximum atomic E-state index is 4.28. The topological polar surface area (TPSA) is 42.7 Å². The van der Waals surface area contributed by atoms with Crippen molar-refractivity contribution in [1.29, 1.82) is 0 Å². The Morgan fingerprint density at radius 3 is 2.81 bits per heavy atom. The number of nitrogens with zero attached hydrogens (tertiary/aromatic N) is 3. The Morgan fingerprint density at radius 2 is 2.19 bits per heavy atom. The fourth-order valence-corrected chi connectivity index (χ4v) is 1.51. The molecule has 4 nitrogen and oxygen atoms in total. The Bertz CT molecular complexity index is 444. The molecule has 0 aliphatic heterocycles. The molecule has 0 amide bonds. The molecule has 2 aromatic heterocycles. The molecule has 2 rings (SSSR count). The number of hydrogen-bond acceptors (Lipinski definition) is 3. The van der Waals surface area contributed by atoms with Gasteiger partial charge in [-0.05, 0) is 18.6 Å². The van der Waals surface area contributed by atoms with E-state index in [0.29, 0.717) is 0 Å². The lowest BCUT2D eigenvalue weighted by atomic mass is 10.3. The zero-order valence-electron chi connectivity index (χ0n) is 9.64. The normalized spacial score (nSPS) is 10.4. The minimum Gasteiger partial charge on any atom is -0.370 e. The molecule has 0 atom stereocenters. The Balaban J connectivity index is 1.84. The summed E-state index contributed by atoms with van der Waals surface area (Å²) in [6.45, 7) is 2.88. The fraction of sp³-hybridized carbons (Fsp3) is 0.333. The number of imidazole rings is 1. The van der Waals surface area contributed by atoms with Crippen LogP contribution in [0.1, 0.15) is 11.4 Å². The molecule has 0 bridgehead atoms. The first-order chi connectivity index (χ1) is 7.75. The van der Waals surface area contributed by atoms with Gasteiger partial charge in [-0.15, -0.1) is 0 Å². The quantitative estimate of drug-likeness (QED) is 0.847. The Morgan fingerprint density at radius 1 is 1.31 bits per heavy atom. The molecular formula is C12H16N4. The number of aryl methyl sites for hydroxylation is 2. The number of hydrogen-bond donors (Lipinski definition) is 1. The van der Waals surface area contributed by atoms with Crippen molar-refractivity contribution < 1.29 is 0 Å². The largest absolute Gasteiger partial charge is 0.370 e. The van der Waals surface area contributed by atoms with E-state index in [2.05, 4.69) is 21.4 Å². The molecule has 0 saturated carbocycles. The van der Waals surface area contributed by atoms with Gasteiger partial charge in [0.15, 0.2) is 0 Å². The predicted molar refractivity (Wildman–Crippen MR) is 64.4 cm³/mol. The minimum absolute atomic E-state index is 0.848. The summed E-state index contributed by atoms with van der Waals surface area (Å²) in [5, 5.41) is 3.27. The molecule has 0 aromatic carbocycles. The highest BCUT2D eigenvalue weighted by Gasteiger charge is 1.98. The van der Waals surface area contributed by atoms with Gasteiger partial charge in [0.25, 0.3) is 0 Å². The Labute approximate surface area is 95.4 Å². The van der Waals surface area contributed by atoms with E-state index in [1.54, 1.807) is 0 Å². The zero-order chi connectivity index (χ0) is 11.4. The van der Waals surface area contributed by atoms with E-state index in [1.807, 2.05) is 43.2 Å². The van der Waals surface area contributed by atoms with Gasteiger partial charge >= 0.3 is 0 Å². The molecule has 0 saturated heterocycles. The molecule has 2 heterocycles. The summed E-state index contributed by atoms with van der Waals surface area (Å²) < 4.78 is 2.03. The van der Waals surface area contributed by atoms with Crippen molar-refractivity contribution in [3.63, 3.8) is 0 Å². The molecule has 0 radical (unpaired) electrons. The molecule has 16 heavy (non-hydrogen) atoms. The first kappa shape index (κ1) is 10.7. The van der Waals surface area contributed by atoms with Gasteiger partial charge in [-0.3, -0.25) is 0 Å². The lowest BCUT2D eigenvalue weighted by Crippen LogP contribution is -2.09. The van der Waals surface area contributed by atoms with E-state index in [-0.39, 0.29) is 0 Å². The van der Waals surface area contributed by atoms with Gasteiger partial charge in [0.2, 0.25) is 0 Å². The molecule has 0 unspecified atom stereocenters. The summed E-state index contributed by atoms with van der Waals surface area (Å²) in [5.41, 5.74) is 1.18. The van der Waals surface area contributed by atoms with Crippen molar-refractivity contribution in [3.05, 3.63) is 42.1 Å². The van der Waals surface area contributed by atoms with Crippen LogP contribution < -0.4 is 5.32 Å². The number of nitrogens with one attached hydrogen (secondary N) is 1. The summed E-state index contributed by atoms with van der Waals surface area (Å²) in [4.78, 5) is 8.54. The second-order valence-electron chi connectivity index (χ2n) is 3.85. The van der Waals surface area contributed by atoms with Crippen LogP contribution in [0.3, 0.4) is 0 Å². The number of aromatic nitrogens is 3. The van der Waals surface area contributed by atoms with E-state index in [1.165, 1.54) is 5.56 Å². The van der Waals surface area contributed by atoms with Gasteiger partial charge in [-0.2, -0.15) is 0 Å². The molecule has 84 valence electrons. The lowest BCUT2D eigenvalue weighted by molar-refractivity contribution is 0.788. The van der Waals surface area contributed by atoms with Crippen LogP contribution in [0, 0.1) is 6.92 Å². The van der Waals surface area contributed by atoms with Crippen molar-refractivity contribution in [2.45, 2.75) is 13.3 Å². The average molecular weight is 216 g/mol. The third-order valence-corrected chi connectivity index (χ3v) is 2.49. The molecule has 4 heteroatoms. The molecule has 0 aliphatic carbocycles. The van der Waals surface area contributed by atoms with Gasteiger partial charge in [0.1, 0.15) is 11.6 Å². The summed E-state index contributed by atoms with van der Waals surface area (Å²) in [7, 11) is 2.01. The fourth-order valence-electron chi connectivity index (χ4n) is 1.51. The highest BCUT2D eigenvalue weighted by molar-refractivity contribution is 5.35. The first-order valence-corrected chi connectivity index (χ1v) is 5.38. The van der Waals surface area contributed by atoms with Gasteiger partial charge in [-0.1, -0.05) is 6.07 Å². The van der Waals surface area contributed by atoms with E-state index < -0.39 is 0 Å². The van der Waals surface area contributed by atoms with E-state index in [9.17, 15) is 0 Å². The summed E-state index contributed by atoms with van der Waals surface area (Å²) in [5.74, 6) is 2.00. The third kappa shape index (κ3) is 2.59. The average Bonchev–Trinajstić information content (AvgIpc) is 2.68. The molecule has 1 N–H and O–H groups in total. The Hall–Kier alpha value is -1.84. The summed E-state index contributed by atoms with van der Waals surface area (Å²) >= 11 is 0. The van der Waals surface area contributed by atoms with Crippen molar-refractivity contribution in [2.24, 2.45) is 7.05 Å². The highest BCUT2D eigenvalue weighted by Crippen LogP contribution is 2.04. The lowest BCUT2D eigenvalue weighted by Gasteiger charge is -2.05. The molecule has 0 aliphatic rings. The van der Waals surface area contributed by atoms with Crippen LogP contribution >= 0.6 is 0 Å². The standard InChI is InChI=1S/C12H16N4/c1-10-3-4-11(15-9-10)13-6-5-12-14-7-8-16(12)2/h3-4,7-9H,5-6H2,1-2H3,(H,13,15). The second kappa shape index (κ2) is 4.79. The molecule has 2 aromatic rings. The highest BCUT2D eigenvalue weighted by atomic mass is 15.0. The van der Waals surface area contributed by atoms with Crippen LogP contribution in [0.4, 0.5) is 5.82 Å². The van der Waals surface area contributed by atoms with E-state index >= 15 is 0 Å². The van der Waals surface area contributed by atoms with Gasteiger partial charge in [-0.25, -0.2) is 9.97 Å². The molecule has 0 spiro atoms. The first-order valence-electron chi connectivity index (χ1n) is 5.38. The second-order valence-corrected chi connectivity index (χ2v) is 3.85. The summed E-state index contributed by atoms with van der Waals surface area (Å²) in [6, 6.07) is 4.05. The van der Waals surface area contributed by atoms with Crippen LogP contribution in [0.2, 0.25) is 0 Å². The van der Waals surface area contributed by atoms with E-state index in [0.717, 1.165) is 24.6 Å². The molecular weight excluding hydrogens is 200 g/mol. The zero-order valence-corrected chi connectivity index (χ0v) is 9.64. The molecule has 0 fully saturated rings. The van der Waals surface area contributed by atoms with Crippen LogP contribution in [0.15, 0.2) is 30.7 Å². The summed E-state index contributed by atoms with van der Waals surface area (Å²) in [6.07, 6.45) is 6.54. The monoisotopic (exact) mass is 216 g/mol. The van der Waals surface area contributed by atoms with Crippen LogP contribution in [0.25, 0.3) is 0 Å².